The number of carbonyl (C=O) groups is 2. The second-order valence-corrected chi connectivity index (χ2v) is 17.4. The third kappa shape index (κ3) is 7.44. The number of aliphatic carboxylic acids is 2. The number of allylic oxidation sites excluding steroid dienone is 1. The molecule has 0 saturated heterocycles. The molecule has 4 nitrogen and oxygen atoms in total. The first-order valence-electron chi connectivity index (χ1n) is 6.08. The molecule has 18 heavy (non-hydrogen) atoms. The van der Waals surface area contributed by atoms with E-state index >= 15 is 0 Å². The zero-order chi connectivity index (χ0) is 14.6. The maximum atomic E-state index is 10.7. The maximum Gasteiger partial charge on any atom is 0.318 e. The Balaban J connectivity index is 4.55. The van der Waals surface area contributed by atoms with Crippen LogP contribution in [0.4, 0.5) is 0 Å². The van der Waals surface area contributed by atoms with Crippen molar-refractivity contribution in [2.45, 2.75) is 44.8 Å². The lowest BCUT2D eigenvalue weighted by Gasteiger charge is -2.26. The summed E-state index contributed by atoms with van der Waals surface area (Å²) in [5.41, 5.74) is 3.31. The SMILES string of the molecule is C[Si](C)(C)C[Si](C)(C)C=CCC(C(=O)O)C(=O)O. The molecule has 2 N–H and O–H groups in total. The Morgan fingerprint density at radius 1 is 1.06 bits per heavy atom. The molecule has 0 aliphatic carbocycles. The fraction of sp³-hybridized carbons (Fsp3) is 0.667. The van der Waals surface area contributed by atoms with Gasteiger partial charge < -0.3 is 10.2 Å². The van der Waals surface area contributed by atoms with Crippen LogP contribution in [0.3, 0.4) is 0 Å². The third-order valence-electron chi connectivity index (χ3n) is 2.52. The van der Waals surface area contributed by atoms with Gasteiger partial charge in [-0.3, -0.25) is 9.59 Å². The second kappa shape index (κ2) is 6.33. The maximum absolute atomic E-state index is 10.7. The lowest BCUT2D eigenvalue weighted by molar-refractivity contribution is -0.154. The average Bonchev–Trinajstić information content (AvgIpc) is 2.06. The van der Waals surface area contributed by atoms with E-state index in [1.807, 2.05) is 0 Å². The van der Waals surface area contributed by atoms with Gasteiger partial charge in [-0.1, -0.05) is 50.2 Å². The minimum atomic E-state index is -1.48. The summed E-state index contributed by atoms with van der Waals surface area (Å²) in [7, 11) is -2.62. The van der Waals surface area contributed by atoms with Gasteiger partial charge in [-0.2, -0.15) is 0 Å². The van der Waals surface area contributed by atoms with Gasteiger partial charge in [0.15, 0.2) is 5.92 Å². The van der Waals surface area contributed by atoms with E-state index in [0.29, 0.717) is 0 Å². The molecular weight excluding hydrogens is 264 g/mol. The van der Waals surface area contributed by atoms with E-state index in [-0.39, 0.29) is 6.42 Å². The summed E-state index contributed by atoms with van der Waals surface area (Å²) < 4.78 is 0. The highest BCUT2D eigenvalue weighted by molar-refractivity contribution is 6.97. The molecule has 0 aliphatic heterocycles. The highest BCUT2D eigenvalue weighted by Gasteiger charge is 2.27. The number of carboxylic acids is 2. The average molecular weight is 288 g/mol. The highest BCUT2D eigenvalue weighted by Crippen LogP contribution is 2.21. The van der Waals surface area contributed by atoms with Gasteiger partial charge in [-0.15, -0.1) is 0 Å². The molecule has 0 bridgehead atoms. The summed E-state index contributed by atoms with van der Waals surface area (Å²) >= 11 is 0. The van der Waals surface area contributed by atoms with Crippen molar-refractivity contribution in [3.05, 3.63) is 11.8 Å². The summed E-state index contributed by atoms with van der Waals surface area (Å²) in [6.07, 6.45) is 1.83. The lowest BCUT2D eigenvalue weighted by atomic mass is 10.1. The fourth-order valence-corrected chi connectivity index (χ4v) is 14.4. The van der Waals surface area contributed by atoms with Crippen molar-refractivity contribution in [1.82, 2.24) is 0 Å². The minimum absolute atomic E-state index is 0.0762. The van der Waals surface area contributed by atoms with E-state index in [1.165, 1.54) is 5.67 Å². The Morgan fingerprint density at radius 3 is 1.83 bits per heavy atom. The number of carboxylic acid groups (broad SMARTS) is 2. The number of hydrogen-bond donors (Lipinski definition) is 2. The van der Waals surface area contributed by atoms with Crippen molar-refractivity contribution >= 4 is 28.1 Å². The smallest absolute Gasteiger partial charge is 0.318 e. The highest BCUT2D eigenvalue weighted by atomic mass is 28.4. The molecule has 0 aromatic heterocycles. The van der Waals surface area contributed by atoms with Crippen LogP contribution in [0.25, 0.3) is 0 Å². The first-order chi connectivity index (χ1) is 7.94. The van der Waals surface area contributed by atoms with Gasteiger partial charge in [-0.05, 0) is 6.42 Å². The first kappa shape index (κ1) is 17.1. The molecule has 0 heterocycles. The predicted octanol–water partition coefficient (Wildman–Crippen LogP) is 2.84. The molecule has 0 aliphatic rings. The van der Waals surface area contributed by atoms with Crippen LogP contribution in [0.15, 0.2) is 11.8 Å². The van der Waals surface area contributed by atoms with E-state index in [0.717, 1.165) is 0 Å². The summed E-state index contributed by atoms with van der Waals surface area (Å²) in [4.78, 5) is 21.5. The van der Waals surface area contributed by atoms with Crippen LogP contribution >= 0.6 is 0 Å². The second-order valence-electron chi connectivity index (χ2n) is 6.59. The standard InChI is InChI=1S/C12H24O4Si2/c1-17(2,3)9-18(4,5)8-6-7-10(11(13)14)12(15)16/h6,8,10H,7,9H2,1-5H3,(H,13,14)(H,15,16). The fourth-order valence-electron chi connectivity index (χ4n) is 2.26. The first-order valence-corrected chi connectivity index (χ1v) is 13.1. The van der Waals surface area contributed by atoms with E-state index in [2.05, 4.69) is 38.4 Å². The molecule has 0 spiro atoms. The predicted molar refractivity (Wildman–Crippen MR) is 78.2 cm³/mol. The van der Waals surface area contributed by atoms with Crippen LogP contribution in [0.2, 0.25) is 38.4 Å². The lowest BCUT2D eigenvalue weighted by Crippen LogP contribution is -2.35. The summed E-state index contributed by atoms with van der Waals surface area (Å²) in [6, 6.07) is 0. The summed E-state index contributed by atoms with van der Waals surface area (Å²) in [5.74, 6) is -3.86. The molecule has 0 fully saturated rings. The monoisotopic (exact) mass is 288 g/mol. The van der Waals surface area contributed by atoms with Gasteiger partial charge in [0.2, 0.25) is 0 Å². The summed E-state index contributed by atoms with van der Waals surface area (Å²) in [5, 5.41) is 17.5. The van der Waals surface area contributed by atoms with E-state index < -0.39 is 34.0 Å². The van der Waals surface area contributed by atoms with Gasteiger partial charge in [0, 0.05) is 8.07 Å². The Bertz CT molecular complexity index is 328. The van der Waals surface area contributed by atoms with Crippen LogP contribution in [0.5, 0.6) is 0 Å². The van der Waals surface area contributed by atoms with Crippen molar-refractivity contribution in [2.75, 3.05) is 0 Å². The van der Waals surface area contributed by atoms with Crippen molar-refractivity contribution in [3.8, 4) is 0 Å². The number of rotatable bonds is 7. The number of hydrogen-bond acceptors (Lipinski definition) is 2. The molecule has 0 saturated carbocycles. The molecule has 0 atom stereocenters. The van der Waals surface area contributed by atoms with E-state index in [9.17, 15) is 9.59 Å². The summed E-state index contributed by atoms with van der Waals surface area (Å²) in [6.45, 7) is 11.4. The van der Waals surface area contributed by atoms with Gasteiger partial charge in [0.05, 0.1) is 8.07 Å². The van der Waals surface area contributed by atoms with Crippen molar-refractivity contribution < 1.29 is 19.8 Å². The van der Waals surface area contributed by atoms with Crippen molar-refractivity contribution in [3.63, 3.8) is 0 Å². The quantitative estimate of drug-likeness (QED) is 0.558. The minimum Gasteiger partial charge on any atom is -0.481 e. The molecule has 0 aromatic rings. The van der Waals surface area contributed by atoms with Crippen molar-refractivity contribution in [1.29, 1.82) is 0 Å². The molecule has 0 unspecified atom stereocenters. The molecule has 104 valence electrons. The van der Waals surface area contributed by atoms with Crippen LogP contribution in [0, 0.1) is 5.92 Å². The van der Waals surface area contributed by atoms with Gasteiger partial charge in [0.25, 0.3) is 0 Å². The van der Waals surface area contributed by atoms with Crippen molar-refractivity contribution in [2.24, 2.45) is 5.92 Å². The van der Waals surface area contributed by atoms with E-state index in [4.69, 9.17) is 10.2 Å². The molecule has 6 heteroatoms. The van der Waals surface area contributed by atoms with Crippen LogP contribution in [-0.2, 0) is 9.59 Å². The third-order valence-corrected chi connectivity index (χ3v) is 11.5. The van der Waals surface area contributed by atoms with Crippen LogP contribution < -0.4 is 0 Å². The largest absolute Gasteiger partial charge is 0.481 e. The molecular formula is C12H24O4Si2. The Labute approximate surface area is 111 Å². The van der Waals surface area contributed by atoms with Crippen LogP contribution in [0.1, 0.15) is 6.42 Å². The molecule has 0 amide bonds. The Morgan fingerprint density at radius 2 is 1.50 bits per heavy atom. The van der Waals surface area contributed by atoms with Gasteiger partial charge >= 0.3 is 11.9 Å². The van der Waals surface area contributed by atoms with Gasteiger partial charge in [0.1, 0.15) is 0 Å². The molecule has 0 rings (SSSR count). The molecule has 0 aromatic carbocycles. The normalized spacial score (nSPS) is 13.2. The zero-order valence-corrected chi connectivity index (χ0v) is 13.9. The molecule has 0 radical (unpaired) electrons. The van der Waals surface area contributed by atoms with E-state index in [1.54, 1.807) is 6.08 Å². The van der Waals surface area contributed by atoms with Crippen LogP contribution in [-0.4, -0.2) is 38.3 Å². The Hall–Kier alpha value is -0.886. The van der Waals surface area contributed by atoms with Gasteiger partial charge in [-0.25, -0.2) is 0 Å². The topological polar surface area (TPSA) is 74.6 Å². The Kier molecular flexibility index (Phi) is 6.02. The zero-order valence-electron chi connectivity index (χ0n) is 11.9.